The highest BCUT2D eigenvalue weighted by Crippen LogP contribution is 2.32. The fourth-order valence-corrected chi connectivity index (χ4v) is 3.23. The van der Waals surface area contributed by atoms with Crippen LogP contribution in [-0.4, -0.2) is 24.6 Å². The first kappa shape index (κ1) is 17.8. The van der Waals surface area contributed by atoms with E-state index in [0.29, 0.717) is 10.3 Å². The standard InChI is InChI=1S/C17H12F3N5O3/c18-17(19,20)10-3-1-2-9(6-10)11-4-5-23-14-13(22-8-25(11)14)15(27)24(16(23)28)7-12(21)26/h1-4,6,8H,5,7H2,(H2,21,26). The SMILES string of the molecule is NC(=O)Cn1c(=O)c2ncn3c2n(c1=O)CC=C3c1cccc(C(F)(F)F)c1. The average Bonchev–Trinajstić information content (AvgIpc) is 3.08. The molecule has 0 radical (unpaired) electrons. The molecule has 3 aromatic rings. The van der Waals surface area contributed by atoms with Gasteiger partial charge in [0.1, 0.15) is 12.9 Å². The summed E-state index contributed by atoms with van der Waals surface area (Å²) in [6.45, 7) is -0.601. The Balaban J connectivity index is 1.92. The molecule has 0 unspecified atom stereocenters. The number of amides is 1. The van der Waals surface area contributed by atoms with Gasteiger partial charge in [0.05, 0.1) is 11.3 Å². The summed E-state index contributed by atoms with van der Waals surface area (Å²) >= 11 is 0. The van der Waals surface area contributed by atoms with Crippen LogP contribution in [0.2, 0.25) is 0 Å². The second-order valence-electron chi connectivity index (χ2n) is 6.21. The fraction of sp³-hybridized carbons (Fsp3) is 0.176. The summed E-state index contributed by atoms with van der Waals surface area (Å²) in [5.41, 5.74) is 3.40. The van der Waals surface area contributed by atoms with Crippen LogP contribution in [0, 0.1) is 0 Å². The van der Waals surface area contributed by atoms with E-state index in [1.807, 2.05) is 0 Å². The first-order valence-electron chi connectivity index (χ1n) is 8.05. The molecule has 0 saturated carbocycles. The molecule has 0 bridgehead atoms. The van der Waals surface area contributed by atoms with Gasteiger partial charge in [-0.1, -0.05) is 12.1 Å². The Kier molecular flexibility index (Phi) is 3.77. The molecule has 2 N–H and O–H groups in total. The molecule has 3 heterocycles. The van der Waals surface area contributed by atoms with Crippen LogP contribution in [0.1, 0.15) is 11.1 Å². The number of nitrogens with two attached hydrogens (primary N) is 1. The van der Waals surface area contributed by atoms with Gasteiger partial charge in [0.2, 0.25) is 5.91 Å². The zero-order valence-electron chi connectivity index (χ0n) is 14.1. The van der Waals surface area contributed by atoms with E-state index in [4.69, 9.17) is 5.73 Å². The molecule has 1 aliphatic heterocycles. The predicted molar refractivity (Wildman–Crippen MR) is 92.3 cm³/mol. The molecule has 0 fully saturated rings. The topological polar surface area (TPSA) is 105 Å². The molecule has 144 valence electrons. The summed E-state index contributed by atoms with van der Waals surface area (Å²) in [7, 11) is 0. The molecule has 1 amide bonds. The van der Waals surface area contributed by atoms with E-state index in [9.17, 15) is 27.6 Å². The van der Waals surface area contributed by atoms with Crippen molar-refractivity contribution in [2.24, 2.45) is 5.73 Å². The van der Waals surface area contributed by atoms with Crippen molar-refractivity contribution in [1.82, 2.24) is 18.7 Å². The Morgan fingerprint density at radius 3 is 2.68 bits per heavy atom. The third kappa shape index (κ3) is 2.63. The number of hydrogen-bond acceptors (Lipinski definition) is 4. The Morgan fingerprint density at radius 2 is 2.00 bits per heavy atom. The minimum atomic E-state index is -4.51. The van der Waals surface area contributed by atoms with Crippen molar-refractivity contribution in [3.05, 3.63) is 68.6 Å². The summed E-state index contributed by atoms with van der Waals surface area (Å²) in [5.74, 6) is -0.859. The smallest absolute Gasteiger partial charge is 0.368 e. The average molecular weight is 391 g/mol. The van der Waals surface area contributed by atoms with Crippen molar-refractivity contribution in [2.75, 3.05) is 0 Å². The van der Waals surface area contributed by atoms with E-state index in [0.717, 1.165) is 12.1 Å². The number of nitrogens with zero attached hydrogens (tertiary/aromatic N) is 4. The Bertz CT molecular complexity index is 1280. The van der Waals surface area contributed by atoms with Crippen LogP contribution in [0.15, 0.2) is 46.3 Å². The van der Waals surface area contributed by atoms with E-state index in [-0.39, 0.29) is 23.3 Å². The van der Waals surface area contributed by atoms with Gasteiger partial charge >= 0.3 is 11.9 Å². The first-order chi connectivity index (χ1) is 13.2. The third-order valence-electron chi connectivity index (χ3n) is 4.43. The zero-order chi connectivity index (χ0) is 20.2. The number of alkyl halides is 3. The highest BCUT2D eigenvalue weighted by molar-refractivity contribution is 5.81. The molecule has 0 spiro atoms. The van der Waals surface area contributed by atoms with Gasteiger partial charge in [0.15, 0.2) is 11.2 Å². The lowest BCUT2D eigenvalue weighted by Crippen LogP contribution is -2.43. The maximum absolute atomic E-state index is 13.0. The van der Waals surface area contributed by atoms with Gasteiger partial charge < -0.3 is 5.73 Å². The van der Waals surface area contributed by atoms with Gasteiger partial charge in [0.25, 0.3) is 5.56 Å². The first-order valence-corrected chi connectivity index (χ1v) is 8.05. The van der Waals surface area contributed by atoms with Crippen LogP contribution in [0.25, 0.3) is 16.9 Å². The van der Waals surface area contributed by atoms with E-state index in [1.54, 1.807) is 6.08 Å². The van der Waals surface area contributed by atoms with Crippen molar-refractivity contribution >= 4 is 22.8 Å². The van der Waals surface area contributed by atoms with Gasteiger partial charge in [0, 0.05) is 6.54 Å². The number of hydrogen-bond donors (Lipinski definition) is 1. The quantitative estimate of drug-likeness (QED) is 0.712. The van der Waals surface area contributed by atoms with Crippen LogP contribution in [0.3, 0.4) is 0 Å². The summed E-state index contributed by atoms with van der Waals surface area (Å²) < 4.78 is 42.4. The molecule has 0 saturated heterocycles. The van der Waals surface area contributed by atoms with Crippen LogP contribution in [-0.2, 0) is 24.1 Å². The number of benzene rings is 1. The molecule has 8 nitrogen and oxygen atoms in total. The maximum atomic E-state index is 13.0. The lowest BCUT2D eigenvalue weighted by Gasteiger charge is -2.20. The Hall–Kier alpha value is -3.63. The van der Waals surface area contributed by atoms with Crippen LogP contribution in [0.4, 0.5) is 13.2 Å². The lowest BCUT2D eigenvalue weighted by atomic mass is 10.1. The van der Waals surface area contributed by atoms with E-state index >= 15 is 0 Å². The lowest BCUT2D eigenvalue weighted by molar-refractivity contribution is -0.137. The minimum absolute atomic E-state index is 0.00829. The molecule has 1 aliphatic rings. The van der Waals surface area contributed by atoms with Crippen molar-refractivity contribution < 1.29 is 18.0 Å². The maximum Gasteiger partial charge on any atom is 0.416 e. The third-order valence-corrected chi connectivity index (χ3v) is 4.43. The van der Waals surface area contributed by atoms with Crippen LogP contribution in [0.5, 0.6) is 0 Å². The monoisotopic (exact) mass is 391 g/mol. The fourth-order valence-electron chi connectivity index (χ4n) is 3.23. The molecule has 1 aromatic carbocycles. The highest BCUT2D eigenvalue weighted by atomic mass is 19.4. The number of carbonyl (C=O) groups excluding carboxylic acids is 1. The molecule has 2 aromatic heterocycles. The second-order valence-corrected chi connectivity index (χ2v) is 6.21. The number of halogens is 3. The van der Waals surface area contributed by atoms with Crippen LogP contribution >= 0.6 is 0 Å². The van der Waals surface area contributed by atoms with E-state index in [1.165, 1.54) is 27.6 Å². The number of allylic oxidation sites excluding steroid dienone is 1. The number of carbonyl (C=O) groups is 1. The molecular weight excluding hydrogens is 379 g/mol. The molecule has 4 rings (SSSR count). The predicted octanol–water partition coefficient (Wildman–Crippen LogP) is 0.767. The summed E-state index contributed by atoms with van der Waals surface area (Å²) in [4.78, 5) is 40.3. The second kappa shape index (κ2) is 5.94. The van der Waals surface area contributed by atoms with Gasteiger partial charge in [-0.15, -0.1) is 0 Å². The number of primary amides is 1. The van der Waals surface area contributed by atoms with E-state index < -0.39 is 35.4 Å². The van der Waals surface area contributed by atoms with Gasteiger partial charge in [-0.3, -0.25) is 18.7 Å². The molecular formula is C17H12F3N5O3. The Morgan fingerprint density at radius 1 is 1.25 bits per heavy atom. The molecule has 0 aliphatic carbocycles. The normalized spacial score (nSPS) is 13.6. The number of aromatic nitrogens is 4. The van der Waals surface area contributed by atoms with Crippen molar-refractivity contribution in [3.8, 4) is 0 Å². The van der Waals surface area contributed by atoms with Gasteiger partial charge in [-0.2, -0.15) is 13.2 Å². The highest BCUT2D eigenvalue weighted by Gasteiger charge is 2.31. The Labute approximate surface area is 153 Å². The summed E-state index contributed by atoms with van der Waals surface area (Å²) in [5, 5.41) is 0. The zero-order valence-corrected chi connectivity index (χ0v) is 14.1. The largest absolute Gasteiger partial charge is 0.416 e. The number of rotatable bonds is 3. The van der Waals surface area contributed by atoms with Crippen LogP contribution < -0.4 is 17.0 Å². The van der Waals surface area contributed by atoms with Gasteiger partial charge in [-0.05, 0) is 23.8 Å². The molecule has 28 heavy (non-hydrogen) atoms. The van der Waals surface area contributed by atoms with E-state index in [2.05, 4.69) is 4.98 Å². The van der Waals surface area contributed by atoms with Gasteiger partial charge in [-0.25, -0.2) is 14.3 Å². The van der Waals surface area contributed by atoms with Crippen molar-refractivity contribution in [1.29, 1.82) is 0 Å². The molecule has 0 atom stereocenters. The van der Waals surface area contributed by atoms with Crippen molar-refractivity contribution in [2.45, 2.75) is 19.3 Å². The number of imidazole rings is 1. The minimum Gasteiger partial charge on any atom is -0.368 e. The summed E-state index contributed by atoms with van der Waals surface area (Å²) in [6, 6.07) is 4.71. The molecule has 11 heteroatoms. The van der Waals surface area contributed by atoms with Crippen molar-refractivity contribution in [3.63, 3.8) is 0 Å². The summed E-state index contributed by atoms with van der Waals surface area (Å²) in [6.07, 6.45) is -1.71.